The topological polar surface area (TPSA) is 56.4 Å². The van der Waals surface area contributed by atoms with E-state index in [2.05, 4.69) is 55.2 Å². The number of unbranched alkanes of at least 4 members (excludes halogenated alkanes) is 1. The van der Waals surface area contributed by atoms with Crippen LogP contribution in [-0.4, -0.2) is 46.2 Å². The third kappa shape index (κ3) is 6.22. The van der Waals surface area contributed by atoms with Crippen LogP contribution in [0.3, 0.4) is 0 Å². The highest BCUT2D eigenvalue weighted by molar-refractivity contribution is 5.85. The van der Waals surface area contributed by atoms with Crippen LogP contribution in [0.2, 0.25) is 0 Å². The molecule has 2 amide bonds. The quantitative estimate of drug-likeness (QED) is 0.458. The lowest BCUT2D eigenvalue weighted by atomic mass is 10.1. The minimum Gasteiger partial charge on any atom is -0.361 e. The Kier molecular flexibility index (Phi) is 8.48. The van der Waals surface area contributed by atoms with Crippen LogP contribution in [-0.2, 0) is 22.6 Å². The van der Waals surface area contributed by atoms with Gasteiger partial charge in [0.1, 0.15) is 0 Å². The van der Waals surface area contributed by atoms with Gasteiger partial charge >= 0.3 is 0 Å². The van der Waals surface area contributed by atoms with Crippen molar-refractivity contribution in [2.24, 2.45) is 0 Å². The maximum Gasteiger partial charge on any atom is 0.242 e. The van der Waals surface area contributed by atoms with Crippen molar-refractivity contribution < 1.29 is 9.59 Å². The Labute approximate surface area is 191 Å². The number of benzene rings is 2. The zero-order chi connectivity index (χ0) is 22.9. The lowest BCUT2D eigenvalue weighted by molar-refractivity contribution is -0.140. The van der Waals surface area contributed by atoms with E-state index in [4.69, 9.17) is 0 Å². The molecule has 1 aromatic heterocycles. The van der Waals surface area contributed by atoms with Gasteiger partial charge in [0.25, 0.3) is 0 Å². The van der Waals surface area contributed by atoms with Crippen LogP contribution in [0.15, 0.2) is 54.7 Å². The molecule has 1 heterocycles. The highest BCUT2D eigenvalue weighted by atomic mass is 16.2. The first-order valence-corrected chi connectivity index (χ1v) is 11.7. The lowest BCUT2D eigenvalue weighted by Gasteiger charge is -2.28. The SMILES string of the molecule is CCCCN(CC(=O)N(CCc1c[nH]c2ccccc12)Cc1ccc(C)cc1)C(=O)CC. The van der Waals surface area contributed by atoms with Crippen molar-refractivity contribution in [1.82, 2.24) is 14.8 Å². The second-order valence-electron chi connectivity index (χ2n) is 8.43. The summed E-state index contributed by atoms with van der Waals surface area (Å²) >= 11 is 0. The van der Waals surface area contributed by atoms with Gasteiger partial charge in [-0.2, -0.15) is 0 Å². The number of H-pyrrole nitrogens is 1. The molecule has 0 aliphatic carbocycles. The molecule has 0 bridgehead atoms. The Bertz CT molecular complexity index is 1020. The van der Waals surface area contributed by atoms with Gasteiger partial charge in [0.2, 0.25) is 11.8 Å². The molecule has 170 valence electrons. The molecule has 3 rings (SSSR count). The molecule has 0 aliphatic rings. The second kappa shape index (κ2) is 11.5. The number of para-hydroxylation sites is 1. The summed E-state index contributed by atoms with van der Waals surface area (Å²) in [6, 6.07) is 16.5. The highest BCUT2D eigenvalue weighted by Crippen LogP contribution is 2.19. The summed E-state index contributed by atoms with van der Waals surface area (Å²) in [5.74, 6) is 0.0435. The Morgan fingerprint density at radius 2 is 1.66 bits per heavy atom. The number of nitrogens with one attached hydrogen (secondary N) is 1. The Morgan fingerprint density at radius 1 is 0.906 bits per heavy atom. The summed E-state index contributed by atoms with van der Waals surface area (Å²) in [6.45, 7) is 7.95. The third-order valence-electron chi connectivity index (χ3n) is 5.94. The van der Waals surface area contributed by atoms with Gasteiger partial charge in [-0.25, -0.2) is 0 Å². The molecule has 1 N–H and O–H groups in total. The van der Waals surface area contributed by atoms with Crippen molar-refractivity contribution in [2.75, 3.05) is 19.6 Å². The number of nitrogens with zero attached hydrogens (tertiary/aromatic N) is 2. The monoisotopic (exact) mass is 433 g/mol. The number of rotatable bonds is 11. The van der Waals surface area contributed by atoms with E-state index in [1.54, 1.807) is 4.90 Å². The minimum atomic E-state index is 0.00307. The molecule has 0 atom stereocenters. The number of aromatic nitrogens is 1. The van der Waals surface area contributed by atoms with E-state index in [0.29, 0.717) is 26.1 Å². The fraction of sp³-hybridized carbons (Fsp3) is 0.407. The molecule has 0 radical (unpaired) electrons. The average molecular weight is 434 g/mol. The normalized spacial score (nSPS) is 11.0. The molecule has 5 nitrogen and oxygen atoms in total. The summed E-state index contributed by atoms with van der Waals surface area (Å²) in [6.07, 6.45) is 5.12. The van der Waals surface area contributed by atoms with Gasteiger partial charge in [-0.05, 0) is 37.0 Å². The van der Waals surface area contributed by atoms with Gasteiger partial charge in [0.05, 0.1) is 6.54 Å². The van der Waals surface area contributed by atoms with Gasteiger partial charge in [0.15, 0.2) is 0 Å². The molecule has 32 heavy (non-hydrogen) atoms. The first kappa shape index (κ1) is 23.6. The second-order valence-corrected chi connectivity index (χ2v) is 8.43. The smallest absolute Gasteiger partial charge is 0.242 e. The molecule has 2 aromatic carbocycles. The average Bonchev–Trinajstić information content (AvgIpc) is 3.23. The predicted octanol–water partition coefficient (Wildman–Crippen LogP) is 5.09. The first-order chi connectivity index (χ1) is 15.5. The van der Waals surface area contributed by atoms with Gasteiger partial charge in [-0.15, -0.1) is 0 Å². The molecule has 0 spiro atoms. The van der Waals surface area contributed by atoms with Crippen molar-refractivity contribution in [3.8, 4) is 0 Å². The van der Waals surface area contributed by atoms with Crippen LogP contribution in [0.5, 0.6) is 0 Å². The largest absolute Gasteiger partial charge is 0.361 e. The number of carbonyl (C=O) groups is 2. The molecule has 3 aromatic rings. The van der Waals surface area contributed by atoms with Gasteiger partial charge in [-0.3, -0.25) is 9.59 Å². The Hall–Kier alpha value is -3.08. The van der Waals surface area contributed by atoms with E-state index >= 15 is 0 Å². The summed E-state index contributed by atoms with van der Waals surface area (Å²) in [7, 11) is 0. The van der Waals surface area contributed by atoms with E-state index in [0.717, 1.165) is 30.3 Å². The molecule has 0 unspecified atom stereocenters. The maximum atomic E-state index is 13.4. The number of hydrogen-bond acceptors (Lipinski definition) is 2. The third-order valence-corrected chi connectivity index (χ3v) is 5.94. The first-order valence-electron chi connectivity index (χ1n) is 11.7. The fourth-order valence-electron chi connectivity index (χ4n) is 3.93. The number of fused-ring (bicyclic) bond motifs is 1. The van der Waals surface area contributed by atoms with Crippen LogP contribution in [0.1, 0.15) is 49.8 Å². The molecule has 0 fully saturated rings. The van der Waals surface area contributed by atoms with Gasteiger partial charge in [0, 0.05) is 43.2 Å². The van der Waals surface area contributed by atoms with Crippen molar-refractivity contribution in [2.45, 2.75) is 53.0 Å². The van der Waals surface area contributed by atoms with Crippen molar-refractivity contribution >= 4 is 22.7 Å². The molecule has 0 saturated heterocycles. The molecule has 0 aliphatic heterocycles. The van der Waals surface area contributed by atoms with Gasteiger partial charge in [-0.1, -0.05) is 68.3 Å². The predicted molar refractivity (Wildman–Crippen MR) is 130 cm³/mol. The van der Waals surface area contributed by atoms with E-state index in [1.807, 2.05) is 30.2 Å². The van der Waals surface area contributed by atoms with E-state index < -0.39 is 0 Å². The van der Waals surface area contributed by atoms with Crippen LogP contribution in [0, 0.1) is 6.92 Å². The van der Waals surface area contributed by atoms with Crippen LogP contribution in [0.4, 0.5) is 0 Å². The Morgan fingerprint density at radius 3 is 2.38 bits per heavy atom. The van der Waals surface area contributed by atoms with Crippen LogP contribution < -0.4 is 0 Å². The van der Waals surface area contributed by atoms with E-state index in [-0.39, 0.29) is 18.4 Å². The summed E-state index contributed by atoms with van der Waals surface area (Å²) in [4.78, 5) is 32.7. The lowest BCUT2D eigenvalue weighted by Crippen LogP contribution is -2.43. The number of hydrogen-bond donors (Lipinski definition) is 1. The number of amides is 2. The van der Waals surface area contributed by atoms with Crippen molar-refractivity contribution in [1.29, 1.82) is 0 Å². The van der Waals surface area contributed by atoms with E-state index in [9.17, 15) is 9.59 Å². The molecule has 0 saturated carbocycles. The zero-order valence-electron chi connectivity index (χ0n) is 19.6. The fourth-order valence-corrected chi connectivity index (χ4v) is 3.93. The number of carbonyl (C=O) groups excluding carboxylic acids is 2. The molecular formula is C27H35N3O2. The molecule has 5 heteroatoms. The zero-order valence-corrected chi connectivity index (χ0v) is 19.6. The Balaban J connectivity index is 1.76. The summed E-state index contributed by atoms with van der Waals surface area (Å²) in [5, 5.41) is 1.20. The summed E-state index contributed by atoms with van der Waals surface area (Å²) in [5.41, 5.74) is 4.61. The highest BCUT2D eigenvalue weighted by Gasteiger charge is 2.21. The maximum absolute atomic E-state index is 13.4. The number of aromatic amines is 1. The van der Waals surface area contributed by atoms with E-state index in [1.165, 1.54) is 16.5 Å². The van der Waals surface area contributed by atoms with Crippen molar-refractivity contribution in [3.63, 3.8) is 0 Å². The summed E-state index contributed by atoms with van der Waals surface area (Å²) < 4.78 is 0. The van der Waals surface area contributed by atoms with Gasteiger partial charge < -0.3 is 14.8 Å². The minimum absolute atomic E-state index is 0.00307. The van der Waals surface area contributed by atoms with Crippen LogP contribution >= 0.6 is 0 Å². The van der Waals surface area contributed by atoms with Crippen LogP contribution in [0.25, 0.3) is 10.9 Å². The standard InChI is InChI=1S/C27H35N3O2/c1-4-6-16-29(26(31)5-2)20-27(32)30(19-22-13-11-21(3)12-14-22)17-15-23-18-28-25-10-8-7-9-24(23)25/h7-14,18,28H,4-6,15-17,19-20H2,1-3H3. The van der Waals surface area contributed by atoms with Crippen molar-refractivity contribution in [3.05, 3.63) is 71.4 Å². The molecular weight excluding hydrogens is 398 g/mol. The number of aryl methyl sites for hydroxylation is 1.